The third-order valence-corrected chi connectivity index (χ3v) is 6.61. The Hall–Kier alpha value is -0.690. The maximum Gasteiger partial charge on any atom is 0.262 e. The van der Waals surface area contributed by atoms with E-state index in [0.29, 0.717) is 11.3 Å². The van der Waals surface area contributed by atoms with E-state index in [0.717, 1.165) is 19.4 Å². The van der Waals surface area contributed by atoms with Gasteiger partial charge in [0, 0.05) is 10.9 Å². The number of aliphatic hydroxyl groups is 1. The Morgan fingerprint density at radius 1 is 1.35 bits per heavy atom. The van der Waals surface area contributed by atoms with Gasteiger partial charge in [0.2, 0.25) is 0 Å². The maximum atomic E-state index is 12.3. The van der Waals surface area contributed by atoms with Crippen LogP contribution in [0.25, 0.3) is 0 Å². The van der Waals surface area contributed by atoms with Crippen LogP contribution in [0.5, 0.6) is 0 Å². The Labute approximate surface area is 137 Å². The first-order valence-electron chi connectivity index (χ1n) is 6.08. The van der Waals surface area contributed by atoms with Crippen molar-refractivity contribution in [2.45, 2.75) is 18.6 Å². The summed E-state index contributed by atoms with van der Waals surface area (Å²) in [5.41, 5.74) is 2.10. The fraction of sp³-hybridized carbons (Fsp3) is 0.214. The van der Waals surface area contributed by atoms with Gasteiger partial charge in [0.25, 0.3) is 5.91 Å². The number of aliphatic hydroxyl groups excluding tert-OH is 1. The molecule has 0 spiro atoms. The normalized spacial score (nSPS) is 20.8. The smallest absolute Gasteiger partial charge is 0.262 e. The number of fused-ring (bicyclic) bond motifs is 1. The maximum absolute atomic E-state index is 12.3. The van der Waals surface area contributed by atoms with Crippen LogP contribution < -0.4 is 5.32 Å². The molecule has 1 aromatic carbocycles. The van der Waals surface area contributed by atoms with Gasteiger partial charge in [-0.2, -0.15) is 0 Å². The topological polar surface area (TPSA) is 49.3 Å². The third-order valence-electron chi connectivity index (χ3n) is 3.36. The molecule has 1 aliphatic carbocycles. The van der Waals surface area contributed by atoms with Crippen molar-refractivity contribution in [3.63, 3.8) is 0 Å². The van der Waals surface area contributed by atoms with Gasteiger partial charge in [0.1, 0.15) is 0 Å². The minimum absolute atomic E-state index is 0.165. The summed E-state index contributed by atoms with van der Waals surface area (Å²) < 4.78 is 1.75. The lowest BCUT2D eigenvalue weighted by atomic mass is 10.1. The summed E-state index contributed by atoms with van der Waals surface area (Å²) in [5, 5.41) is 13.1. The molecule has 0 fully saturated rings. The largest absolute Gasteiger partial charge is 0.390 e. The molecular weight excluding hydrogens is 406 g/mol. The molecule has 104 valence electrons. The third kappa shape index (κ3) is 2.57. The second kappa shape index (κ2) is 5.60. The van der Waals surface area contributed by atoms with Crippen LogP contribution in [-0.2, 0) is 6.42 Å². The lowest BCUT2D eigenvalue weighted by molar-refractivity contribution is 0.0862. The molecule has 3 rings (SSSR count). The Kier molecular flexibility index (Phi) is 3.99. The van der Waals surface area contributed by atoms with Crippen LogP contribution in [-0.4, -0.2) is 17.1 Å². The standard InChI is InChI=1S/C14H11Br2NO2S/c15-9-6-11(20-13(9)16)14(19)17-12-8-4-2-1-3-7(8)5-10(12)18/h1-4,6,10,12,18H,5H2,(H,17,19). The molecule has 1 aromatic heterocycles. The molecule has 0 saturated carbocycles. The number of hydrogen-bond acceptors (Lipinski definition) is 3. The molecule has 0 radical (unpaired) electrons. The number of carbonyl (C=O) groups is 1. The lowest BCUT2D eigenvalue weighted by Crippen LogP contribution is -2.33. The van der Waals surface area contributed by atoms with Crippen molar-refractivity contribution in [1.29, 1.82) is 0 Å². The summed E-state index contributed by atoms with van der Waals surface area (Å²) in [6, 6.07) is 9.26. The highest BCUT2D eigenvalue weighted by molar-refractivity contribution is 9.13. The Morgan fingerprint density at radius 3 is 2.80 bits per heavy atom. The van der Waals surface area contributed by atoms with Gasteiger partial charge >= 0.3 is 0 Å². The number of amides is 1. The van der Waals surface area contributed by atoms with Gasteiger partial charge in [0.05, 0.1) is 20.8 Å². The van der Waals surface area contributed by atoms with E-state index in [9.17, 15) is 9.90 Å². The van der Waals surface area contributed by atoms with Gasteiger partial charge in [-0.05, 0) is 49.1 Å². The van der Waals surface area contributed by atoms with Crippen LogP contribution in [0.15, 0.2) is 38.6 Å². The van der Waals surface area contributed by atoms with E-state index >= 15 is 0 Å². The highest BCUT2D eigenvalue weighted by Gasteiger charge is 2.32. The zero-order chi connectivity index (χ0) is 14.3. The molecule has 0 bridgehead atoms. The van der Waals surface area contributed by atoms with Gasteiger partial charge in [-0.15, -0.1) is 11.3 Å². The summed E-state index contributed by atoms with van der Waals surface area (Å²) in [5.74, 6) is -0.165. The molecule has 2 aromatic rings. The van der Waals surface area contributed by atoms with Crippen LogP contribution in [0.4, 0.5) is 0 Å². The minimum Gasteiger partial charge on any atom is -0.390 e. The molecular formula is C14H11Br2NO2S. The highest BCUT2D eigenvalue weighted by atomic mass is 79.9. The fourth-order valence-corrected chi connectivity index (χ4v) is 4.36. The Bertz CT molecular complexity index is 651. The molecule has 6 heteroatoms. The van der Waals surface area contributed by atoms with E-state index in [1.54, 1.807) is 6.07 Å². The van der Waals surface area contributed by atoms with Crippen molar-refractivity contribution < 1.29 is 9.90 Å². The molecule has 1 heterocycles. The van der Waals surface area contributed by atoms with Crippen LogP contribution in [0.1, 0.15) is 26.8 Å². The Morgan fingerprint density at radius 2 is 2.10 bits per heavy atom. The molecule has 2 N–H and O–H groups in total. The summed E-state index contributed by atoms with van der Waals surface area (Å²) in [6.45, 7) is 0. The zero-order valence-corrected chi connectivity index (χ0v) is 14.3. The number of nitrogens with one attached hydrogen (secondary N) is 1. The number of benzene rings is 1. The van der Waals surface area contributed by atoms with Gasteiger partial charge < -0.3 is 10.4 Å². The predicted molar refractivity (Wildman–Crippen MR) is 86.1 cm³/mol. The number of halogens is 2. The second-order valence-electron chi connectivity index (χ2n) is 4.65. The molecule has 1 aliphatic rings. The first kappa shape index (κ1) is 14.3. The van der Waals surface area contributed by atoms with E-state index < -0.39 is 6.10 Å². The van der Waals surface area contributed by atoms with E-state index in [-0.39, 0.29) is 11.9 Å². The predicted octanol–water partition coefficient (Wildman–Crippen LogP) is 3.66. The average Bonchev–Trinajstić information content (AvgIpc) is 2.91. The van der Waals surface area contributed by atoms with Crippen LogP contribution >= 0.6 is 43.2 Å². The number of rotatable bonds is 2. The van der Waals surface area contributed by atoms with Gasteiger partial charge in [-0.25, -0.2) is 0 Å². The SMILES string of the molecule is O=C(NC1c2ccccc2CC1O)c1cc(Br)c(Br)s1. The van der Waals surface area contributed by atoms with E-state index in [2.05, 4.69) is 37.2 Å². The van der Waals surface area contributed by atoms with Crippen LogP contribution in [0.3, 0.4) is 0 Å². The fourth-order valence-electron chi connectivity index (χ4n) is 2.42. The lowest BCUT2D eigenvalue weighted by Gasteiger charge is -2.17. The van der Waals surface area contributed by atoms with Gasteiger partial charge in [-0.3, -0.25) is 4.79 Å². The van der Waals surface area contributed by atoms with Crippen molar-refractivity contribution in [2.75, 3.05) is 0 Å². The first-order valence-corrected chi connectivity index (χ1v) is 8.48. The molecule has 20 heavy (non-hydrogen) atoms. The molecule has 2 unspecified atom stereocenters. The molecule has 0 aliphatic heterocycles. The average molecular weight is 417 g/mol. The van der Waals surface area contributed by atoms with Crippen molar-refractivity contribution >= 4 is 49.1 Å². The minimum atomic E-state index is -0.566. The van der Waals surface area contributed by atoms with Crippen molar-refractivity contribution in [3.8, 4) is 0 Å². The van der Waals surface area contributed by atoms with Crippen molar-refractivity contribution in [2.24, 2.45) is 0 Å². The van der Waals surface area contributed by atoms with Crippen molar-refractivity contribution in [1.82, 2.24) is 5.32 Å². The second-order valence-corrected chi connectivity index (χ2v) is 7.88. The molecule has 0 saturated heterocycles. The first-order chi connectivity index (χ1) is 9.56. The number of thiophene rings is 1. The van der Waals surface area contributed by atoms with Gasteiger partial charge in [-0.1, -0.05) is 24.3 Å². The van der Waals surface area contributed by atoms with Crippen molar-refractivity contribution in [3.05, 3.63) is 54.6 Å². The number of carbonyl (C=O) groups excluding carboxylic acids is 1. The highest BCUT2D eigenvalue weighted by Crippen LogP contribution is 2.34. The quantitative estimate of drug-likeness (QED) is 0.784. The van der Waals surface area contributed by atoms with Crippen LogP contribution in [0.2, 0.25) is 0 Å². The summed E-state index contributed by atoms with van der Waals surface area (Å²) in [4.78, 5) is 12.9. The summed E-state index contributed by atoms with van der Waals surface area (Å²) >= 11 is 8.11. The zero-order valence-electron chi connectivity index (χ0n) is 10.3. The molecule has 2 atom stereocenters. The molecule has 3 nitrogen and oxygen atoms in total. The monoisotopic (exact) mass is 415 g/mol. The van der Waals surface area contributed by atoms with E-state index in [1.807, 2.05) is 24.3 Å². The van der Waals surface area contributed by atoms with Gasteiger partial charge in [0.15, 0.2) is 0 Å². The summed E-state index contributed by atoms with van der Waals surface area (Å²) in [6.07, 6.45) is 0.0158. The Balaban J connectivity index is 1.83. The number of hydrogen-bond donors (Lipinski definition) is 2. The van der Waals surface area contributed by atoms with Crippen LogP contribution in [0, 0.1) is 0 Å². The summed E-state index contributed by atoms with van der Waals surface area (Å²) in [7, 11) is 0. The molecule has 1 amide bonds. The van der Waals surface area contributed by atoms with E-state index in [1.165, 1.54) is 11.3 Å². The van der Waals surface area contributed by atoms with E-state index in [4.69, 9.17) is 0 Å².